The molecule has 0 atom stereocenters. The molecular formula is C14H14ClN3OS. The molecule has 0 unspecified atom stereocenters. The molecule has 0 aliphatic heterocycles. The molecular weight excluding hydrogens is 294 g/mol. The lowest BCUT2D eigenvalue weighted by molar-refractivity contribution is 0.318. The number of nitrogens with zero attached hydrogens (tertiary/aromatic N) is 2. The Bertz CT molecular complexity index is 629. The van der Waals surface area contributed by atoms with Crippen molar-refractivity contribution >= 4 is 29.2 Å². The van der Waals surface area contributed by atoms with E-state index in [1.54, 1.807) is 17.8 Å². The van der Waals surface area contributed by atoms with E-state index >= 15 is 0 Å². The summed E-state index contributed by atoms with van der Waals surface area (Å²) < 4.78 is 0. The van der Waals surface area contributed by atoms with Crippen molar-refractivity contribution in [2.75, 3.05) is 0 Å². The van der Waals surface area contributed by atoms with Crippen LogP contribution in [0.5, 0.6) is 0 Å². The highest BCUT2D eigenvalue weighted by molar-refractivity contribution is 7.98. The number of thioether (sulfide) groups is 1. The molecule has 20 heavy (non-hydrogen) atoms. The van der Waals surface area contributed by atoms with Gasteiger partial charge in [-0.1, -0.05) is 28.9 Å². The van der Waals surface area contributed by atoms with Crippen LogP contribution in [0.15, 0.2) is 46.6 Å². The van der Waals surface area contributed by atoms with Crippen molar-refractivity contribution < 1.29 is 5.21 Å². The molecule has 0 bridgehead atoms. The van der Waals surface area contributed by atoms with Crippen molar-refractivity contribution in [1.82, 2.24) is 4.98 Å². The van der Waals surface area contributed by atoms with Gasteiger partial charge >= 0.3 is 0 Å². The first-order valence-electron chi connectivity index (χ1n) is 5.92. The number of hydrogen-bond acceptors (Lipinski definition) is 4. The molecule has 4 nitrogen and oxygen atoms in total. The maximum Gasteiger partial charge on any atom is 0.170 e. The first-order chi connectivity index (χ1) is 9.58. The van der Waals surface area contributed by atoms with Crippen molar-refractivity contribution in [3.63, 3.8) is 0 Å². The zero-order valence-corrected chi connectivity index (χ0v) is 12.4. The minimum atomic E-state index is 0.0869. The van der Waals surface area contributed by atoms with Gasteiger partial charge in [-0.3, -0.25) is 0 Å². The fourth-order valence-corrected chi connectivity index (χ4v) is 2.71. The molecule has 104 valence electrons. The molecule has 2 aromatic rings. The Kier molecular flexibility index (Phi) is 4.87. The van der Waals surface area contributed by atoms with Crippen LogP contribution in [-0.2, 0) is 5.75 Å². The van der Waals surface area contributed by atoms with Gasteiger partial charge in [0.15, 0.2) is 5.84 Å². The quantitative estimate of drug-likeness (QED) is 0.298. The van der Waals surface area contributed by atoms with E-state index in [1.165, 1.54) is 0 Å². The fraction of sp³-hybridized carbons (Fsp3) is 0.143. The molecule has 2 rings (SSSR count). The Morgan fingerprint density at radius 3 is 2.70 bits per heavy atom. The Morgan fingerprint density at radius 2 is 2.05 bits per heavy atom. The molecule has 0 aliphatic carbocycles. The highest BCUT2D eigenvalue weighted by Gasteiger charge is 2.05. The lowest BCUT2D eigenvalue weighted by atomic mass is 10.2. The van der Waals surface area contributed by atoms with Crippen molar-refractivity contribution in [1.29, 1.82) is 0 Å². The van der Waals surface area contributed by atoms with Gasteiger partial charge in [0.25, 0.3) is 0 Å². The summed E-state index contributed by atoms with van der Waals surface area (Å²) in [5.74, 6) is 0.868. The van der Waals surface area contributed by atoms with E-state index < -0.39 is 0 Å². The molecule has 0 spiro atoms. The van der Waals surface area contributed by atoms with E-state index in [0.29, 0.717) is 5.56 Å². The zero-order valence-electron chi connectivity index (χ0n) is 10.9. The van der Waals surface area contributed by atoms with Crippen LogP contribution in [0.2, 0.25) is 5.02 Å². The number of rotatable bonds is 4. The predicted molar refractivity (Wildman–Crippen MR) is 82.5 cm³/mol. The number of oxime groups is 1. The summed E-state index contributed by atoms with van der Waals surface area (Å²) in [5.41, 5.74) is 8.26. The number of aromatic nitrogens is 1. The van der Waals surface area contributed by atoms with E-state index in [4.69, 9.17) is 22.5 Å². The third-order valence-electron chi connectivity index (χ3n) is 2.63. The second-order valence-corrected chi connectivity index (χ2v) is 5.67. The van der Waals surface area contributed by atoms with Gasteiger partial charge in [-0.2, -0.15) is 0 Å². The summed E-state index contributed by atoms with van der Waals surface area (Å²) in [6, 6.07) is 11.3. The van der Waals surface area contributed by atoms with E-state index in [0.717, 1.165) is 27.1 Å². The zero-order chi connectivity index (χ0) is 14.5. The first-order valence-corrected chi connectivity index (χ1v) is 7.28. The van der Waals surface area contributed by atoms with Gasteiger partial charge in [0, 0.05) is 22.0 Å². The van der Waals surface area contributed by atoms with Gasteiger partial charge in [-0.25, -0.2) is 4.98 Å². The second kappa shape index (κ2) is 6.63. The molecule has 6 heteroatoms. The van der Waals surface area contributed by atoms with Crippen molar-refractivity contribution in [2.24, 2.45) is 10.9 Å². The van der Waals surface area contributed by atoms with Crippen LogP contribution in [0.3, 0.4) is 0 Å². The summed E-state index contributed by atoms with van der Waals surface area (Å²) in [6.45, 7) is 1.88. The lowest BCUT2D eigenvalue weighted by Crippen LogP contribution is -2.13. The smallest absolute Gasteiger partial charge is 0.170 e. The Morgan fingerprint density at radius 1 is 1.35 bits per heavy atom. The first kappa shape index (κ1) is 14.7. The molecule has 0 fully saturated rings. The maximum absolute atomic E-state index is 8.73. The number of amidine groups is 1. The number of hydrogen-bond donors (Lipinski definition) is 2. The largest absolute Gasteiger partial charge is 0.409 e. The Hall–Kier alpha value is -1.72. The van der Waals surface area contributed by atoms with Gasteiger partial charge in [-0.05, 0) is 36.8 Å². The standard InChI is InChI=1S/C14H14ClN3OS/c1-9-6-11(14(16)18-19)7-13(17-9)20-8-10-2-4-12(15)5-3-10/h2-7,19H,8H2,1H3,(H2,16,18). The minimum absolute atomic E-state index is 0.0869. The van der Waals surface area contributed by atoms with E-state index in [-0.39, 0.29) is 5.84 Å². The summed E-state index contributed by atoms with van der Waals surface area (Å²) in [6.07, 6.45) is 0. The molecule has 1 aromatic carbocycles. The maximum atomic E-state index is 8.73. The van der Waals surface area contributed by atoms with E-state index in [2.05, 4.69) is 10.1 Å². The van der Waals surface area contributed by atoms with Gasteiger partial charge in [0.05, 0.1) is 5.03 Å². The monoisotopic (exact) mass is 307 g/mol. The Labute approximate surface area is 126 Å². The minimum Gasteiger partial charge on any atom is -0.409 e. The Balaban J connectivity index is 2.13. The van der Waals surface area contributed by atoms with E-state index in [9.17, 15) is 0 Å². The molecule has 1 aromatic heterocycles. The summed E-state index contributed by atoms with van der Waals surface area (Å²) >= 11 is 7.44. The van der Waals surface area contributed by atoms with Gasteiger partial charge in [-0.15, -0.1) is 11.8 Å². The third-order valence-corrected chi connectivity index (χ3v) is 3.87. The average Bonchev–Trinajstić information content (AvgIpc) is 2.45. The van der Waals surface area contributed by atoms with Crippen LogP contribution in [0.4, 0.5) is 0 Å². The van der Waals surface area contributed by atoms with Crippen LogP contribution >= 0.6 is 23.4 Å². The van der Waals surface area contributed by atoms with Gasteiger partial charge < -0.3 is 10.9 Å². The molecule has 0 amide bonds. The lowest BCUT2D eigenvalue weighted by Gasteiger charge is -2.06. The average molecular weight is 308 g/mol. The highest BCUT2D eigenvalue weighted by atomic mass is 35.5. The molecule has 0 saturated carbocycles. The summed E-state index contributed by atoms with van der Waals surface area (Å²) in [4.78, 5) is 4.43. The van der Waals surface area contributed by atoms with E-state index in [1.807, 2.05) is 37.3 Å². The highest BCUT2D eigenvalue weighted by Crippen LogP contribution is 2.23. The number of halogens is 1. The second-order valence-electron chi connectivity index (χ2n) is 4.24. The van der Waals surface area contributed by atoms with Crippen LogP contribution in [0.1, 0.15) is 16.8 Å². The normalized spacial score (nSPS) is 11.6. The van der Waals surface area contributed by atoms with Crippen molar-refractivity contribution in [3.05, 3.63) is 58.2 Å². The molecule has 0 saturated heterocycles. The predicted octanol–water partition coefficient (Wildman–Crippen LogP) is 3.43. The van der Waals surface area contributed by atoms with Crippen molar-refractivity contribution in [3.8, 4) is 0 Å². The fourth-order valence-electron chi connectivity index (χ4n) is 1.66. The number of benzene rings is 1. The summed E-state index contributed by atoms with van der Waals surface area (Å²) in [5, 5.41) is 13.3. The third kappa shape index (κ3) is 3.88. The SMILES string of the molecule is Cc1cc(/C(N)=N/O)cc(SCc2ccc(Cl)cc2)n1. The van der Waals surface area contributed by atoms with Crippen LogP contribution in [0, 0.1) is 6.92 Å². The topological polar surface area (TPSA) is 71.5 Å². The number of pyridine rings is 1. The van der Waals surface area contributed by atoms with Crippen LogP contribution in [0.25, 0.3) is 0 Å². The number of nitrogens with two attached hydrogens (primary N) is 1. The van der Waals surface area contributed by atoms with Crippen LogP contribution < -0.4 is 5.73 Å². The van der Waals surface area contributed by atoms with Gasteiger partial charge in [0.2, 0.25) is 0 Å². The van der Waals surface area contributed by atoms with Crippen LogP contribution in [-0.4, -0.2) is 16.0 Å². The number of aryl methyl sites for hydroxylation is 1. The molecule has 0 radical (unpaired) electrons. The molecule has 0 aliphatic rings. The molecule has 1 heterocycles. The molecule has 3 N–H and O–H groups in total. The summed E-state index contributed by atoms with van der Waals surface area (Å²) in [7, 11) is 0. The van der Waals surface area contributed by atoms with Crippen molar-refractivity contribution in [2.45, 2.75) is 17.7 Å². The van der Waals surface area contributed by atoms with Gasteiger partial charge in [0.1, 0.15) is 0 Å².